The number of carbonyl (C=O) groups excluding carboxylic acids is 1. The molecule has 0 atom stereocenters. The fraction of sp³-hybridized carbons (Fsp3) is 0.381. The monoisotopic (exact) mass is 351 g/mol. The van der Waals surface area contributed by atoms with E-state index in [1.54, 1.807) is 7.11 Å². The van der Waals surface area contributed by atoms with Crippen LogP contribution in [0.2, 0.25) is 0 Å². The van der Waals surface area contributed by atoms with Gasteiger partial charge in [-0.1, -0.05) is 24.3 Å². The van der Waals surface area contributed by atoms with E-state index in [1.165, 1.54) is 5.56 Å². The minimum Gasteiger partial charge on any atom is -0.495 e. The van der Waals surface area contributed by atoms with Crippen LogP contribution in [0.3, 0.4) is 0 Å². The van der Waals surface area contributed by atoms with Crippen LogP contribution in [0, 0.1) is 0 Å². The van der Waals surface area contributed by atoms with Crippen molar-refractivity contribution in [1.82, 2.24) is 5.32 Å². The molecule has 4 rings (SSSR count). The third kappa shape index (κ3) is 3.27. The number of piperazine rings is 1. The van der Waals surface area contributed by atoms with Gasteiger partial charge in [-0.15, -0.1) is 0 Å². The SMILES string of the molecule is COc1ccc(CN2C(=O)CCc3ccccc32)cc1N1CCNCC1. The molecule has 2 aliphatic heterocycles. The molecule has 2 aliphatic rings. The lowest BCUT2D eigenvalue weighted by Gasteiger charge is -2.32. The van der Waals surface area contributed by atoms with Gasteiger partial charge in [0.2, 0.25) is 5.91 Å². The molecule has 1 amide bonds. The number of para-hydroxylation sites is 1. The second-order valence-electron chi connectivity index (χ2n) is 6.85. The number of nitrogens with zero attached hydrogens (tertiary/aromatic N) is 2. The van der Waals surface area contributed by atoms with Crippen LogP contribution in [0.1, 0.15) is 17.5 Å². The van der Waals surface area contributed by atoms with Gasteiger partial charge in [-0.3, -0.25) is 4.79 Å². The van der Waals surface area contributed by atoms with Crippen molar-refractivity contribution in [2.75, 3.05) is 43.1 Å². The largest absolute Gasteiger partial charge is 0.495 e. The summed E-state index contributed by atoms with van der Waals surface area (Å²) < 4.78 is 5.58. The maximum atomic E-state index is 12.6. The first-order valence-corrected chi connectivity index (χ1v) is 9.27. The predicted molar refractivity (Wildman–Crippen MR) is 104 cm³/mol. The van der Waals surface area contributed by atoms with E-state index in [9.17, 15) is 4.79 Å². The summed E-state index contributed by atoms with van der Waals surface area (Å²) in [4.78, 5) is 16.8. The molecule has 136 valence electrons. The van der Waals surface area contributed by atoms with E-state index < -0.39 is 0 Å². The molecule has 0 spiro atoms. The van der Waals surface area contributed by atoms with Crippen LogP contribution in [0.4, 0.5) is 11.4 Å². The van der Waals surface area contributed by atoms with Crippen LogP contribution in [0.15, 0.2) is 42.5 Å². The molecule has 1 N–H and O–H groups in total. The van der Waals surface area contributed by atoms with Crippen LogP contribution < -0.4 is 19.9 Å². The van der Waals surface area contributed by atoms with Crippen molar-refractivity contribution in [2.45, 2.75) is 19.4 Å². The number of hydrogen-bond donors (Lipinski definition) is 1. The number of anilines is 2. The molecule has 1 saturated heterocycles. The highest BCUT2D eigenvalue weighted by Gasteiger charge is 2.24. The van der Waals surface area contributed by atoms with Crippen molar-refractivity contribution >= 4 is 17.3 Å². The molecule has 0 saturated carbocycles. The second-order valence-corrected chi connectivity index (χ2v) is 6.85. The zero-order chi connectivity index (χ0) is 17.9. The Morgan fingerprint density at radius 2 is 1.85 bits per heavy atom. The topological polar surface area (TPSA) is 44.8 Å². The van der Waals surface area contributed by atoms with E-state index in [0.29, 0.717) is 13.0 Å². The highest BCUT2D eigenvalue weighted by atomic mass is 16.5. The quantitative estimate of drug-likeness (QED) is 0.920. The number of hydrogen-bond acceptors (Lipinski definition) is 4. The maximum Gasteiger partial charge on any atom is 0.227 e. The molecule has 2 aromatic rings. The maximum absolute atomic E-state index is 12.6. The van der Waals surface area contributed by atoms with Gasteiger partial charge in [0.15, 0.2) is 0 Å². The molecule has 26 heavy (non-hydrogen) atoms. The molecule has 0 bridgehead atoms. The molecule has 1 fully saturated rings. The van der Waals surface area contributed by atoms with Gasteiger partial charge in [-0.2, -0.15) is 0 Å². The number of nitrogens with one attached hydrogen (secondary N) is 1. The summed E-state index contributed by atoms with van der Waals surface area (Å²) >= 11 is 0. The highest BCUT2D eigenvalue weighted by Crippen LogP contribution is 2.33. The van der Waals surface area contributed by atoms with Crippen molar-refractivity contribution < 1.29 is 9.53 Å². The van der Waals surface area contributed by atoms with Crippen LogP contribution in [0.5, 0.6) is 5.75 Å². The van der Waals surface area contributed by atoms with E-state index >= 15 is 0 Å². The first-order chi connectivity index (χ1) is 12.8. The van der Waals surface area contributed by atoms with Crippen LogP contribution in [0.25, 0.3) is 0 Å². The van der Waals surface area contributed by atoms with Gasteiger partial charge in [0.05, 0.1) is 19.3 Å². The lowest BCUT2D eigenvalue weighted by Crippen LogP contribution is -2.43. The van der Waals surface area contributed by atoms with Gasteiger partial charge < -0.3 is 19.9 Å². The van der Waals surface area contributed by atoms with Crippen molar-refractivity contribution in [1.29, 1.82) is 0 Å². The minimum absolute atomic E-state index is 0.197. The van der Waals surface area contributed by atoms with E-state index in [0.717, 1.165) is 55.3 Å². The third-order valence-corrected chi connectivity index (χ3v) is 5.23. The Morgan fingerprint density at radius 1 is 1.04 bits per heavy atom. The molecule has 2 aromatic carbocycles. The number of fused-ring (bicyclic) bond motifs is 1. The summed E-state index contributed by atoms with van der Waals surface area (Å²) in [6.07, 6.45) is 1.41. The van der Waals surface area contributed by atoms with Crippen molar-refractivity contribution in [3.05, 3.63) is 53.6 Å². The number of ether oxygens (including phenoxy) is 1. The second kappa shape index (κ2) is 7.38. The molecule has 0 unspecified atom stereocenters. The van der Waals surface area contributed by atoms with E-state index in [-0.39, 0.29) is 5.91 Å². The van der Waals surface area contributed by atoms with Crippen molar-refractivity contribution in [3.63, 3.8) is 0 Å². The highest BCUT2D eigenvalue weighted by molar-refractivity contribution is 5.96. The molecular formula is C21H25N3O2. The summed E-state index contributed by atoms with van der Waals surface area (Å²) in [6.45, 7) is 4.48. The summed E-state index contributed by atoms with van der Waals surface area (Å²) in [7, 11) is 1.71. The van der Waals surface area contributed by atoms with Gasteiger partial charge >= 0.3 is 0 Å². The van der Waals surface area contributed by atoms with Gasteiger partial charge in [0.1, 0.15) is 5.75 Å². The molecule has 5 nitrogen and oxygen atoms in total. The number of benzene rings is 2. The normalized spacial score (nSPS) is 17.2. The smallest absolute Gasteiger partial charge is 0.227 e. The zero-order valence-corrected chi connectivity index (χ0v) is 15.2. The third-order valence-electron chi connectivity index (χ3n) is 5.23. The van der Waals surface area contributed by atoms with Crippen molar-refractivity contribution in [3.8, 4) is 5.75 Å². The minimum atomic E-state index is 0.197. The van der Waals surface area contributed by atoms with E-state index in [1.807, 2.05) is 29.2 Å². The Hall–Kier alpha value is -2.53. The Labute approximate surface area is 154 Å². The van der Waals surface area contributed by atoms with E-state index in [4.69, 9.17) is 4.74 Å². The predicted octanol–water partition coefficient (Wildman–Crippen LogP) is 2.58. The fourth-order valence-electron chi connectivity index (χ4n) is 3.84. The summed E-state index contributed by atoms with van der Waals surface area (Å²) in [5.74, 6) is 1.09. The van der Waals surface area contributed by atoms with Gasteiger partial charge in [-0.05, 0) is 35.7 Å². The Bertz CT molecular complexity index is 800. The number of amides is 1. The Morgan fingerprint density at radius 3 is 2.65 bits per heavy atom. The Balaban J connectivity index is 1.63. The van der Waals surface area contributed by atoms with Gasteiger partial charge in [0.25, 0.3) is 0 Å². The summed E-state index contributed by atoms with van der Waals surface area (Å²) in [5.41, 5.74) is 4.54. The molecular weight excluding hydrogens is 326 g/mol. The van der Waals surface area contributed by atoms with Crippen LogP contribution >= 0.6 is 0 Å². The first kappa shape index (κ1) is 16.9. The molecule has 0 radical (unpaired) electrons. The molecule has 0 aromatic heterocycles. The first-order valence-electron chi connectivity index (χ1n) is 9.27. The van der Waals surface area contributed by atoms with Gasteiger partial charge in [0, 0.05) is 38.3 Å². The lowest BCUT2D eigenvalue weighted by atomic mass is 10.0. The van der Waals surface area contributed by atoms with Crippen LogP contribution in [-0.4, -0.2) is 39.2 Å². The number of carbonyl (C=O) groups is 1. The average Bonchev–Trinajstić information content (AvgIpc) is 2.71. The number of aryl methyl sites for hydroxylation is 1. The standard InChI is InChI=1S/C21H25N3O2/c1-26-20-8-6-16(14-19(20)23-12-10-22-11-13-23)15-24-18-5-3-2-4-17(18)7-9-21(24)25/h2-6,8,14,22H,7,9-13,15H2,1H3. The Kier molecular flexibility index (Phi) is 4.80. The average molecular weight is 351 g/mol. The number of rotatable bonds is 4. The summed E-state index contributed by atoms with van der Waals surface area (Å²) in [5, 5.41) is 3.38. The molecule has 5 heteroatoms. The molecule has 0 aliphatic carbocycles. The van der Waals surface area contributed by atoms with E-state index in [2.05, 4.69) is 28.4 Å². The van der Waals surface area contributed by atoms with Crippen molar-refractivity contribution in [2.24, 2.45) is 0 Å². The fourth-order valence-corrected chi connectivity index (χ4v) is 3.84. The van der Waals surface area contributed by atoms with Gasteiger partial charge in [-0.25, -0.2) is 0 Å². The zero-order valence-electron chi connectivity index (χ0n) is 15.2. The number of methoxy groups -OCH3 is 1. The summed E-state index contributed by atoms with van der Waals surface area (Å²) in [6, 6.07) is 14.5. The van der Waals surface area contributed by atoms with Crippen LogP contribution in [-0.2, 0) is 17.8 Å². The lowest BCUT2D eigenvalue weighted by molar-refractivity contribution is -0.119. The molecule has 2 heterocycles.